The number of hydrogen-bond acceptors (Lipinski definition) is 5. The van der Waals surface area contributed by atoms with Gasteiger partial charge in [0.25, 0.3) is 0 Å². The summed E-state index contributed by atoms with van der Waals surface area (Å²) in [5, 5.41) is 28.6. The molecule has 92 valence electrons. The average Bonchev–Trinajstić information content (AvgIpc) is 2.74. The normalized spacial score (nSPS) is 12.9. The van der Waals surface area contributed by atoms with E-state index in [0.717, 1.165) is 12.2 Å². The first-order valence-corrected chi connectivity index (χ1v) is 5.57. The van der Waals surface area contributed by atoms with Gasteiger partial charge in [-0.2, -0.15) is 0 Å². The van der Waals surface area contributed by atoms with Crippen molar-refractivity contribution in [2.24, 2.45) is 5.92 Å². The van der Waals surface area contributed by atoms with Gasteiger partial charge in [0.05, 0.1) is 5.69 Å². The van der Waals surface area contributed by atoms with Crippen LogP contribution in [0.2, 0.25) is 0 Å². The molecule has 0 aliphatic rings. The summed E-state index contributed by atoms with van der Waals surface area (Å²) in [6.45, 7) is 4.45. The van der Waals surface area contributed by atoms with Crippen LogP contribution >= 0.6 is 0 Å². The Kier molecular flexibility index (Phi) is 5.99. The number of nitrogens with one attached hydrogen (secondary N) is 1. The number of hydrogen-bond donors (Lipinski definition) is 3. The van der Waals surface area contributed by atoms with Crippen LogP contribution in [0.3, 0.4) is 0 Å². The van der Waals surface area contributed by atoms with Crippen molar-refractivity contribution in [3.05, 3.63) is 11.9 Å². The highest BCUT2D eigenvalue weighted by molar-refractivity contribution is 4.91. The summed E-state index contributed by atoms with van der Waals surface area (Å²) in [5.41, 5.74) is 0.878. The van der Waals surface area contributed by atoms with Gasteiger partial charge < -0.3 is 15.5 Å². The Morgan fingerprint density at radius 1 is 1.50 bits per heavy atom. The third-order valence-electron chi connectivity index (χ3n) is 2.24. The second-order valence-corrected chi connectivity index (χ2v) is 3.97. The van der Waals surface area contributed by atoms with E-state index in [1.54, 1.807) is 4.68 Å². The van der Waals surface area contributed by atoms with E-state index in [1.165, 1.54) is 0 Å². The Morgan fingerprint density at radius 3 is 3.00 bits per heavy atom. The molecule has 1 heterocycles. The molecule has 1 aromatic heterocycles. The Hall–Kier alpha value is -0.980. The van der Waals surface area contributed by atoms with Crippen LogP contribution in [-0.4, -0.2) is 45.0 Å². The molecule has 0 bridgehead atoms. The smallest absolute Gasteiger partial charge is 0.0964 e. The number of aliphatic hydroxyl groups is 2. The minimum Gasteiger partial charge on any atom is -0.396 e. The molecule has 0 aromatic carbocycles. The largest absolute Gasteiger partial charge is 0.396 e. The van der Waals surface area contributed by atoms with E-state index in [-0.39, 0.29) is 19.1 Å². The summed E-state index contributed by atoms with van der Waals surface area (Å²) >= 11 is 0. The molecule has 6 nitrogen and oxygen atoms in total. The highest BCUT2D eigenvalue weighted by Crippen LogP contribution is 1.95. The second kappa shape index (κ2) is 7.32. The summed E-state index contributed by atoms with van der Waals surface area (Å²) in [5.74, 6) is 0.254. The highest BCUT2D eigenvalue weighted by Gasteiger charge is 2.02. The molecule has 0 saturated heterocycles. The van der Waals surface area contributed by atoms with Gasteiger partial charge in [-0.1, -0.05) is 12.1 Å². The van der Waals surface area contributed by atoms with Crippen molar-refractivity contribution < 1.29 is 10.2 Å². The van der Waals surface area contributed by atoms with Crippen LogP contribution in [0.5, 0.6) is 0 Å². The van der Waals surface area contributed by atoms with Crippen molar-refractivity contribution in [3.8, 4) is 0 Å². The fourth-order valence-electron chi connectivity index (χ4n) is 1.27. The van der Waals surface area contributed by atoms with Gasteiger partial charge in [-0.25, -0.2) is 0 Å². The molecule has 0 spiro atoms. The maximum absolute atomic E-state index is 8.84. The Balaban J connectivity index is 2.23. The lowest BCUT2D eigenvalue weighted by Crippen LogP contribution is -2.22. The van der Waals surface area contributed by atoms with Crippen LogP contribution in [0, 0.1) is 5.92 Å². The molecule has 1 atom stereocenters. The SMILES string of the molecule is CC(CO)CNCc1cn(CCCO)nn1. The maximum atomic E-state index is 8.84. The molecule has 0 saturated carbocycles. The van der Waals surface area contributed by atoms with Crippen molar-refractivity contribution in [1.82, 2.24) is 20.3 Å². The van der Waals surface area contributed by atoms with Gasteiger partial charge in [0, 0.05) is 39.0 Å². The number of nitrogens with zero attached hydrogens (tertiary/aromatic N) is 3. The molecule has 6 heteroatoms. The molecule has 16 heavy (non-hydrogen) atoms. The Morgan fingerprint density at radius 2 is 2.31 bits per heavy atom. The predicted octanol–water partition coefficient (Wildman–Crippen LogP) is -0.621. The quantitative estimate of drug-likeness (QED) is 0.552. The van der Waals surface area contributed by atoms with Crippen molar-refractivity contribution in [1.29, 1.82) is 0 Å². The molecular formula is C10H20N4O2. The lowest BCUT2D eigenvalue weighted by molar-refractivity contribution is 0.233. The van der Waals surface area contributed by atoms with E-state index < -0.39 is 0 Å². The number of aromatic nitrogens is 3. The molecule has 1 aromatic rings. The first kappa shape index (κ1) is 13.1. The average molecular weight is 228 g/mol. The third kappa shape index (κ3) is 4.69. The minimum atomic E-state index is 0.168. The monoisotopic (exact) mass is 228 g/mol. The van der Waals surface area contributed by atoms with E-state index in [0.29, 0.717) is 19.5 Å². The van der Waals surface area contributed by atoms with Crippen molar-refractivity contribution in [2.75, 3.05) is 19.8 Å². The van der Waals surface area contributed by atoms with E-state index in [1.807, 2.05) is 13.1 Å². The van der Waals surface area contributed by atoms with E-state index in [2.05, 4.69) is 15.6 Å². The van der Waals surface area contributed by atoms with Crippen LogP contribution < -0.4 is 5.32 Å². The summed E-state index contributed by atoms with van der Waals surface area (Å²) in [7, 11) is 0. The zero-order chi connectivity index (χ0) is 11.8. The van der Waals surface area contributed by atoms with Crippen LogP contribution in [0.1, 0.15) is 19.0 Å². The zero-order valence-electron chi connectivity index (χ0n) is 9.63. The second-order valence-electron chi connectivity index (χ2n) is 3.97. The molecule has 0 fully saturated rings. The molecule has 0 radical (unpaired) electrons. The molecular weight excluding hydrogens is 208 g/mol. The lowest BCUT2D eigenvalue weighted by Gasteiger charge is -2.07. The first-order valence-electron chi connectivity index (χ1n) is 5.57. The summed E-state index contributed by atoms with van der Waals surface area (Å²) < 4.78 is 1.72. The van der Waals surface area contributed by atoms with Crippen molar-refractivity contribution in [2.45, 2.75) is 26.4 Å². The molecule has 0 aliphatic carbocycles. The van der Waals surface area contributed by atoms with Gasteiger partial charge in [0.2, 0.25) is 0 Å². The van der Waals surface area contributed by atoms with Crippen LogP contribution in [0.25, 0.3) is 0 Å². The van der Waals surface area contributed by atoms with Gasteiger partial charge in [-0.3, -0.25) is 4.68 Å². The summed E-state index contributed by atoms with van der Waals surface area (Å²) in [4.78, 5) is 0. The van der Waals surface area contributed by atoms with E-state index in [4.69, 9.17) is 10.2 Å². The van der Waals surface area contributed by atoms with Crippen LogP contribution in [0.4, 0.5) is 0 Å². The van der Waals surface area contributed by atoms with Gasteiger partial charge in [0.1, 0.15) is 0 Å². The fourth-order valence-corrected chi connectivity index (χ4v) is 1.27. The van der Waals surface area contributed by atoms with Gasteiger partial charge >= 0.3 is 0 Å². The Bertz CT molecular complexity index is 290. The fraction of sp³-hybridized carbons (Fsp3) is 0.800. The highest BCUT2D eigenvalue weighted by atomic mass is 16.3. The Labute approximate surface area is 95.3 Å². The lowest BCUT2D eigenvalue weighted by atomic mass is 10.2. The minimum absolute atomic E-state index is 0.168. The molecule has 0 aliphatic heterocycles. The van der Waals surface area contributed by atoms with E-state index in [9.17, 15) is 0 Å². The van der Waals surface area contributed by atoms with Crippen molar-refractivity contribution in [3.63, 3.8) is 0 Å². The van der Waals surface area contributed by atoms with E-state index >= 15 is 0 Å². The standard InChI is InChI=1S/C10H20N4O2/c1-9(8-16)5-11-6-10-7-14(13-12-10)3-2-4-15/h7,9,11,15-16H,2-6,8H2,1H3. The molecule has 0 amide bonds. The third-order valence-corrected chi connectivity index (χ3v) is 2.24. The van der Waals surface area contributed by atoms with Crippen LogP contribution in [0.15, 0.2) is 6.20 Å². The molecule has 1 rings (SSSR count). The first-order chi connectivity index (χ1) is 7.76. The maximum Gasteiger partial charge on any atom is 0.0964 e. The van der Waals surface area contributed by atoms with Gasteiger partial charge in [0.15, 0.2) is 0 Å². The van der Waals surface area contributed by atoms with Gasteiger partial charge in [-0.15, -0.1) is 5.10 Å². The van der Waals surface area contributed by atoms with Crippen molar-refractivity contribution >= 4 is 0 Å². The summed E-state index contributed by atoms with van der Waals surface area (Å²) in [6, 6.07) is 0. The predicted molar refractivity (Wildman–Crippen MR) is 59.7 cm³/mol. The zero-order valence-corrected chi connectivity index (χ0v) is 9.63. The number of aliphatic hydroxyl groups excluding tert-OH is 2. The van der Waals surface area contributed by atoms with Gasteiger partial charge in [-0.05, 0) is 12.3 Å². The number of aryl methyl sites for hydroxylation is 1. The molecule has 3 N–H and O–H groups in total. The van der Waals surface area contributed by atoms with Crippen LogP contribution in [-0.2, 0) is 13.1 Å². The number of rotatable bonds is 8. The molecule has 1 unspecified atom stereocenters. The topological polar surface area (TPSA) is 83.2 Å². The summed E-state index contributed by atoms with van der Waals surface area (Å²) in [6.07, 6.45) is 2.56.